The van der Waals surface area contributed by atoms with Crippen LogP contribution in [0.1, 0.15) is 22.7 Å². The van der Waals surface area contributed by atoms with Crippen molar-refractivity contribution in [1.82, 2.24) is 0 Å². The highest BCUT2D eigenvalue weighted by Crippen LogP contribution is 2.40. The van der Waals surface area contributed by atoms with Crippen molar-refractivity contribution in [2.24, 2.45) is 5.73 Å². The van der Waals surface area contributed by atoms with Gasteiger partial charge in [-0.3, -0.25) is 4.79 Å². The molecular weight excluding hydrogens is 284 g/mol. The van der Waals surface area contributed by atoms with Gasteiger partial charge in [-0.15, -0.1) is 0 Å². The summed E-state index contributed by atoms with van der Waals surface area (Å²) in [6, 6.07) is 12.8. The van der Waals surface area contributed by atoms with Crippen LogP contribution in [0.3, 0.4) is 0 Å². The summed E-state index contributed by atoms with van der Waals surface area (Å²) in [4.78, 5) is 13.9. The number of rotatable bonds is 2. The molecule has 1 heterocycles. The number of hydrogen-bond acceptors (Lipinski definition) is 2. The standard InChI is InChI=1S/C17H17ClN2O/c1-10-7-8-12(9-11(10)2)20-16(15(19)17(20)21)13-5-3-4-6-14(13)18/h3-9,15-16H,19H2,1-2H3/t15-,16+/m1/s1. The molecule has 2 aromatic rings. The lowest BCUT2D eigenvalue weighted by atomic mass is 9.88. The molecule has 0 spiro atoms. The zero-order valence-electron chi connectivity index (χ0n) is 12.0. The minimum Gasteiger partial charge on any atom is -0.318 e. The Morgan fingerprint density at radius 3 is 2.48 bits per heavy atom. The monoisotopic (exact) mass is 300 g/mol. The number of benzene rings is 2. The SMILES string of the molecule is Cc1ccc(N2C(=O)[C@H](N)[C@@H]2c2ccccc2Cl)cc1C. The molecule has 3 rings (SSSR count). The van der Waals surface area contributed by atoms with Crippen LogP contribution >= 0.6 is 11.6 Å². The van der Waals surface area contributed by atoms with Gasteiger partial charge in [-0.1, -0.05) is 35.9 Å². The molecule has 0 aromatic heterocycles. The number of aryl methyl sites for hydroxylation is 2. The number of halogens is 1. The number of β-lactam (4-membered cyclic amide) rings is 1. The van der Waals surface area contributed by atoms with Crippen molar-refractivity contribution >= 4 is 23.2 Å². The number of anilines is 1. The van der Waals surface area contributed by atoms with E-state index in [4.69, 9.17) is 17.3 Å². The van der Waals surface area contributed by atoms with Crippen molar-refractivity contribution in [3.63, 3.8) is 0 Å². The maximum atomic E-state index is 12.2. The summed E-state index contributed by atoms with van der Waals surface area (Å²) < 4.78 is 0. The van der Waals surface area contributed by atoms with E-state index in [-0.39, 0.29) is 11.9 Å². The maximum absolute atomic E-state index is 12.2. The number of amides is 1. The van der Waals surface area contributed by atoms with E-state index in [1.54, 1.807) is 4.90 Å². The number of nitrogens with two attached hydrogens (primary N) is 1. The summed E-state index contributed by atoms with van der Waals surface area (Å²) in [5.41, 5.74) is 10.1. The van der Waals surface area contributed by atoms with Crippen LogP contribution in [-0.2, 0) is 4.79 Å². The molecular formula is C17H17ClN2O. The fraction of sp³-hybridized carbons (Fsp3) is 0.235. The Kier molecular flexibility index (Phi) is 3.47. The molecule has 0 aliphatic carbocycles. The maximum Gasteiger partial charge on any atom is 0.247 e. The highest BCUT2D eigenvalue weighted by Gasteiger charge is 2.47. The molecule has 1 aliphatic rings. The van der Waals surface area contributed by atoms with E-state index >= 15 is 0 Å². The molecule has 4 heteroatoms. The largest absolute Gasteiger partial charge is 0.318 e. The van der Waals surface area contributed by atoms with E-state index in [0.717, 1.165) is 16.8 Å². The fourth-order valence-electron chi connectivity index (χ4n) is 2.72. The van der Waals surface area contributed by atoms with Gasteiger partial charge in [0.25, 0.3) is 0 Å². The number of carbonyl (C=O) groups is 1. The molecule has 1 aliphatic heterocycles. The van der Waals surface area contributed by atoms with Gasteiger partial charge >= 0.3 is 0 Å². The third kappa shape index (κ3) is 2.23. The van der Waals surface area contributed by atoms with E-state index in [1.165, 1.54) is 5.56 Å². The molecule has 0 radical (unpaired) electrons. The normalized spacial score (nSPS) is 21.3. The van der Waals surface area contributed by atoms with Crippen LogP contribution in [0.25, 0.3) is 0 Å². The molecule has 3 nitrogen and oxygen atoms in total. The Balaban J connectivity index is 2.02. The van der Waals surface area contributed by atoms with Gasteiger partial charge in [-0.05, 0) is 48.7 Å². The smallest absolute Gasteiger partial charge is 0.247 e. The molecule has 1 amide bonds. The average Bonchev–Trinajstić information content (AvgIpc) is 2.48. The zero-order valence-corrected chi connectivity index (χ0v) is 12.8. The topological polar surface area (TPSA) is 46.3 Å². The fourth-order valence-corrected chi connectivity index (χ4v) is 2.97. The lowest BCUT2D eigenvalue weighted by Gasteiger charge is -2.46. The minimum atomic E-state index is -0.536. The van der Waals surface area contributed by atoms with Crippen molar-refractivity contribution in [3.8, 4) is 0 Å². The Morgan fingerprint density at radius 1 is 1.10 bits per heavy atom. The molecule has 0 unspecified atom stereocenters. The molecule has 21 heavy (non-hydrogen) atoms. The minimum absolute atomic E-state index is 0.0665. The molecule has 2 atom stereocenters. The predicted octanol–water partition coefficient (Wildman–Crippen LogP) is 3.37. The zero-order chi connectivity index (χ0) is 15.1. The summed E-state index contributed by atoms with van der Waals surface area (Å²) >= 11 is 6.26. The molecule has 2 N–H and O–H groups in total. The van der Waals surface area contributed by atoms with Crippen LogP contribution in [-0.4, -0.2) is 11.9 Å². The Morgan fingerprint density at radius 2 is 1.81 bits per heavy atom. The van der Waals surface area contributed by atoms with Crippen molar-refractivity contribution in [2.45, 2.75) is 25.9 Å². The molecule has 1 saturated heterocycles. The van der Waals surface area contributed by atoms with Gasteiger partial charge in [-0.2, -0.15) is 0 Å². The van der Waals surface area contributed by atoms with Crippen molar-refractivity contribution in [3.05, 3.63) is 64.2 Å². The first-order valence-electron chi connectivity index (χ1n) is 6.91. The first-order valence-corrected chi connectivity index (χ1v) is 7.29. The quantitative estimate of drug-likeness (QED) is 0.864. The Labute approximate surface area is 129 Å². The van der Waals surface area contributed by atoms with Crippen LogP contribution < -0.4 is 10.6 Å². The number of hydrogen-bond donors (Lipinski definition) is 1. The van der Waals surface area contributed by atoms with Gasteiger partial charge in [0, 0.05) is 10.7 Å². The van der Waals surface area contributed by atoms with Crippen molar-refractivity contribution < 1.29 is 4.79 Å². The van der Waals surface area contributed by atoms with E-state index in [1.807, 2.05) is 56.3 Å². The van der Waals surface area contributed by atoms with Gasteiger partial charge in [0.15, 0.2) is 0 Å². The summed E-state index contributed by atoms with van der Waals surface area (Å²) in [5.74, 6) is -0.0665. The first-order chi connectivity index (χ1) is 10.0. The van der Waals surface area contributed by atoms with Crippen LogP contribution in [0.5, 0.6) is 0 Å². The van der Waals surface area contributed by atoms with E-state index in [0.29, 0.717) is 5.02 Å². The van der Waals surface area contributed by atoms with E-state index in [9.17, 15) is 4.79 Å². The van der Waals surface area contributed by atoms with Crippen LogP contribution in [0.15, 0.2) is 42.5 Å². The molecule has 2 aromatic carbocycles. The van der Waals surface area contributed by atoms with Crippen molar-refractivity contribution in [1.29, 1.82) is 0 Å². The molecule has 108 valence electrons. The predicted molar refractivity (Wildman–Crippen MR) is 85.6 cm³/mol. The van der Waals surface area contributed by atoms with Gasteiger partial charge in [0.2, 0.25) is 5.91 Å². The number of nitrogens with zero attached hydrogens (tertiary/aromatic N) is 1. The average molecular weight is 301 g/mol. The van der Waals surface area contributed by atoms with Crippen molar-refractivity contribution in [2.75, 3.05) is 4.90 Å². The second kappa shape index (κ2) is 5.17. The van der Waals surface area contributed by atoms with Gasteiger partial charge < -0.3 is 10.6 Å². The Bertz CT molecular complexity index is 714. The highest BCUT2D eigenvalue weighted by molar-refractivity contribution is 6.31. The second-order valence-corrected chi connectivity index (χ2v) is 5.88. The van der Waals surface area contributed by atoms with Crippen LogP contribution in [0.4, 0.5) is 5.69 Å². The summed E-state index contributed by atoms with van der Waals surface area (Å²) in [5, 5.41) is 0.638. The third-order valence-corrected chi connectivity index (χ3v) is 4.48. The highest BCUT2D eigenvalue weighted by atomic mass is 35.5. The van der Waals surface area contributed by atoms with Crippen LogP contribution in [0.2, 0.25) is 5.02 Å². The number of carbonyl (C=O) groups excluding carboxylic acids is 1. The second-order valence-electron chi connectivity index (χ2n) is 5.47. The molecule has 0 bridgehead atoms. The summed E-state index contributed by atoms with van der Waals surface area (Å²) in [7, 11) is 0. The van der Waals surface area contributed by atoms with E-state index < -0.39 is 6.04 Å². The third-order valence-electron chi connectivity index (χ3n) is 4.13. The summed E-state index contributed by atoms with van der Waals surface area (Å²) in [6.07, 6.45) is 0. The first kappa shape index (κ1) is 14.1. The van der Waals surface area contributed by atoms with E-state index in [2.05, 4.69) is 0 Å². The van der Waals surface area contributed by atoms with Gasteiger partial charge in [0.05, 0.1) is 6.04 Å². The lowest BCUT2D eigenvalue weighted by Crippen LogP contribution is -2.63. The summed E-state index contributed by atoms with van der Waals surface area (Å²) in [6.45, 7) is 4.09. The molecule has 0 saturated carbocycles. The van der Waals surface area contributed by atoms with Gasteiger partial charge in [0.1, 0.15) is 6.04 Å². The Hall–Kier alpha value is -1.84. The van der Waals surface area contributed by atoms with Gasteiger partial charge in [-0.25, -0.2) is 0 Å². The lowest BCUT2D eigenvalue weighted by molar-refractivity contribution is -0.126. The molecule has 1 fully saturated rings. The van der Waals surface area contributed by atoms with Crippen LogP contribution in [0, 0.1) is 13.8 Å².